The smallest absolute Gasteiger partial charge is 0.302 e. The molecule has 0 aliphatic carbocycles. The lowest BCUT2D eigenvalue weighted by molar-refractivity contribution is -0.141. The number of carbonyl (C=O) groups is 3. The molecule has 1 rings (SSSR count). The standard InChI is InChI=1S/C15H18N2O5/c1-10(19)22-7-6-11(9-18)8-14(20)12-2-4-13(5-3-12)15(16)17-21/h2-5,9,11,21H,6-8H2,1H3,(H2,16,17). The Balaban J connectivity index is 2.62. The van der Waals surface area contributed by atoms with Crippen molar-refractivity contribution in [3.63, 3.8) is 0 Å². The minimum Gasteiger partial charge on any atom is -0.466 e. The number of rotatable bonds is 8. The van der Waals surface area contributed by atoms with E-state index in [0.29, 0.717) is 23.8 Å². The Morgan fingerprint density at radius 3 is 2.41 bits per heavy atom. The molecule has 0 saturated carbocycles. The molecule has 0 aliphatic rings. The van der Waals surface area contributed by atoms with Gasteiger partial charge in [-0.25, -0.2) is 0 Å². The van der Waals surface area contributed by atoms with Crippen molar-refractivity contribution in [2.24, 2.45) is 16.8 Å². The van der Waals surface area contributed by atoms with Gasteiger partial charge in [0, 0.05) is 30.4 Å². The Labute approximate surface area is 127 Å². The Bertz CT molecular complexity index is 566. The largest absolute Gasteiger partial charge is 0.466 e. The van der Waals surface area contributed by atoms with Gasteiger partial charge in [0.05, 0.1) is 6.61 Å². The van der Waals surface area contributed by atoms with Gasteiger partial charge in [0.1, 0.15) is 6.29 Å². The Morgan fingerprint density at radius 1 is 1.32 bits per heavy atom. The van der Waals surface area contributed by atoms with E-state index in [-0.39, 0.29) is 24.6 Å². The van der Waals surface area contributed by atoms with Crippen LogP contribution in [0.5, 0.6) is 0 Å². The van der Waals surface area contributed by atoms with E-state index in [1.165, 1.54) is 6.92 Å². The molecular weight excluding hydrogens is 288 g/mol. The summed E-state index contributed by atoms with van der Waals surface area (Å²) in [6.07, 6.45) is 1.02. The molecule has 22 heavy (non-hydrogen) atoms. The molecule has 0 spiro atoms. The lowest BCUT2D eigenvalue weighted by atomic mass is 9.96. The third kappa shape index (κ3) is 5.35. The number of Topliss-reactive ketones (excluding diaryl/α,β-unsaturated/α-hetero) is 1. The van der Waals surface area contributed by atoms with Gasteiger partial charge in [-0.3, -0.25) is 9.59 Å². The molecule has 0 bridgehead atoms. The number of benzene rings is 1. The van der Waals surface area contributed by atoms with Gasteiger partial charge in [-0.05, 0) is 6.42 Å². The summed E-state index contributed by atoms with van der Waals surface area (Å²) in [7, 11) is 0. The van der Waals surface area contributed by atoms with Crippen molar-refractivity contribution in [3.8, 4) is 0 Å². The van der Waals surface area contributed by atoms with Crippen LogP contribution in [-0.2, 0) is 14.3 Å². The molecule has 0 amide bonds. The number of oxime groups is 1. The molecule has 0 aromatic heterocycles. The molecule has 0 fully saturated rings. The number of nitrogens with zero attached hydrogens (tertiary/aromatic N) is 1. The zero-order chi connectivity index (χ0) is 16.5. The summed E-state index contributed by atoms with van der Waals surface area (Å²) < 4.78 is 4.76. The fourth-order valence-electron chi connectivity index (χ4n) is 1.81. The number of ketones is 1. The van der Waals surface area contributed by atoms with Crippen LogP contribution in [0.15, 0.2) is 29.4 Å². The number of carbonyl (C=O) groups excluding carboxylic acids is 3. The van der Waals surface area contributed by atoms with Crippen LogP contribution < -0.4 is 5.73 Å². The van der Waals surface area contributed by atoms with Crippen molar-refractivity contribution in [3.05, 3.63) is 35.4 Å². The average Bonchev–Trinajstić information content (AvgIpc) is 2.52. The highest BCUT2D eigenvalue weighted by Crippen LogP contribution is 2.13. The second kappa shape index (κ2) is 8.56. The Morgan fingerprint density at radius 2 is 1.91 bits per heavy atom. The third-order valence-corrected chi connectivity index (χ3v) is 3.04. The van der Waals surface area contributed by atoms with Gasteiger partial charge in [-0.1, -0.05) is 29.4 Å². The first kappa shape index (κ1) is 17.4. The van der Waals surface area contributed by atoms with E-state index in [1.807, 2.05) is 0 Å². The summed E-state index contributed by atoms with van der Waals surface area (Å²) in [5, 5.41) is 11.4. The van der Waals surface area contributed by atoms with E-state index in [0.717, 1.165) is 0 Å². The molecule has 3 N–H and O–H groups in total. The van der Waals surface area contributed by atoms with Crippen LogP contribution in [0.3, 0.4) is 0 Å². The highest BCUT2D eigenvalue weighted by Gasteiger charge is 2.15. The van der Waals surface area contributed by atoms with Gasteiger partial charge in [0.2, 0.25) is 0 Å². The van der Waals surface area contributed by atoms with Crippen molar-refractivity contribution >= 4 is 23.9 Å². The van der Waals surface area contributed by atoms with Crippen molar-refractivity contribution in [2.75, 3.05) is 6.61 Å². The van der Waals surface area contributed by atoms with Gasteiger partial charge in [0.25, 0.3) is 0 Å². The SMILES string of the molecule is CC(=O)OCCC(C=O)CC(=O)c1ccc(C(N)=NO)cc1. The maximum Gasteiger partial charge on any atom is 0.302 e. The van der Waals surface area contributed by atoms with Crippen molar-refractivity contribution in [2.45, 2.75) is 19.8 Å². The number of aldehydes is 1. The van der Waals surface area contributed by atoms with Crippen LogP contribution in [0, 0.1) is 5.92 Å². The fourth-order valence-corrected chi connectivity index (χ4v) is 1.81. The van der Waals surface area contributed by atoms with Crippen LogP contribution in [0.1, 0.15) is 35.7 Å². The van der Waals surface area contributed by atoms with Crippen LogP contribution in [0.2, 0.25) is 0 Å². The molecule has 1 aromatic carbocycles. The van der Waals surface area contributed by atoms with Crippen molar-refractivity contribution in [1.29, 1.82) is 0 Å². The zero-order valence-electron chi connectivity index (χ0n) is 12.2. The quantitative estimate of drug-likeness (QED) is 0.141. The molecule has 1 unspecified atom stereocenters. The monoisotopic (exact) mass is 306 g/mol. The van der Waals surface area contributed by atoms with Crippen LogP contribution in [-0.4, -0.2) is 35.7 Å². The topological polar surface area (TPSA) is 119 Å². The lowest BCUT2D eigenvalue weighted by Gasteiger charge is -2.09. The van der Waals surface area contributed by atoms with Gasteiger partial charge < -0.3 is 20.5 Å². The normalized spacial score (nSPS) is 12.5. The van der Waals surface area contributed by atoms with Crippen molar-refractivity contribution in [1.82, 2.24) is 0 Å². The predicted octanol–water partition coefficient (Wildman–Crippen LogP) is 1.12. The molecule has 1 aromatic rings. The number of hydrogen-bond donors (Lipinski definition) is 2. The number of nitrogens with two attached hydrogens (primary N) is 1. The van der Waals surface area contributed by atoms with E-state index in [4.69, 9.17) is 15.7 Å². The van der Waals surface area contributed by atoms with Crippen molar-refractivity contribution < 1.29 is 24.3 Å². The highest BCUT2D eigenvalue weighted by atomic mass is 16.5. The summed E-state index contributed by atoms with van der Waals surface area (Å²) in [4.78, 5) is 33.7. The lowest BCUT2D eigenvalue weighted by Crippen LogP contribution is -2.15. The van der Waals surface area contributed by atoms with E-state index in [2.05, 4.69) is 5.16 Å². The number of ether oxygens (including phenoxy) is 1. The number of esters is 1. The summed E-state index contributed by atoms with van der Waals surface area (Å²) in [5.41, 5.74) is 6.34. The van der Waals surface area contributed by atoms with Gasteiger partial charge >= 0.3 is 5.97 Å². The second-order valence-electron chi connectivity index (χ2n) is 4.71. The molecule has 0 heterocycles. The van der Waals surface area contributed by atoms with E-state index in [1.54, 1.807) is 24.3 Å². The fraction of sp³-hybridized carbons (Fsp3) is 0.333. The second-order valence-corrected chi connectivity index (χ2v) is 4.71. The third-order valence-electron chi connectivity index (χ3n) is 3.04. The molecule has 0 radical (unpaired) electrons. The molecule has 7 heteroatoms. The highest BCUT2D eigenvalue weighted by molar-refractivity contribution is 6.00. The summed E-state index contributed by atoms with van der Waals surface area (Å²) in [5.74, 6) is -1.18. The first-order valence-electron chi connectivity index (χ1n) is 6.67. The van der Waals surface area contributed by atoms with Crippen LogP contribution >= 0.6 is 0 Å². The predicted molar refractivity (Wildman–Crippen MR) is 78.7 cm³/mol. The molecule has 0 saturated heterocycles. The maximum atomic E-state index is 12.1. The first-order chi connectivity index (χ1) is 10.5. The molecular formula is C15H18N2O5. The first-order valence-corrected chi connectivity index (χ1v) is 6.67. The van der Waals surface area contributed by atoms with Gasteiger partial charge in [-0.2, -0.15) is 0 Å². The Hall–Kier alpha value is -2.70. The summed E-state index contributed by atoms with van der Waals surface area (Å²) >= 11 is 0. The molecule has 7 nitrogen and oxygen atoms in total. The van der Waals surface area contributed by atoms with E-state index >= 15 is 0 Å². The molecule has 118 valence electrons. The molecule has 1 atom stereocenters. The van der Waals surface area contributed by atoms with E-state index in [9.17, 15) is 14.4 Å². The summed E-state index contributed by atoms with van der Waals surface area (Å²) in [6.45, 7) is 1.39. The minimum atomic E-state index is -0.504. The maximum absolute atomic E-state index is 12.1. The number of hydrogen-bond acceptors (Lipinski definition) is 6. The Kier molecular flexibility index (Phi) is 6.75. The van der Waals surface area contributed by atoms with Crippen LogP contribution in [0.4, 0.5) is 0 Å². The summed E-state index contributed by atoms with van der Waals surface area (Å²) in [6, 6.07) is 6.20. The van der Waals surface area contributed by atoms with Crippen LogP contribution in [0.25, 0.3) is 0 Å². The average molecular weight is 306 g/mol. The molecule has 0 aliphatic heterocycles. The van der Waals surface area contributed by atoms with E-state index < -0.39 is 11.9 Å². The van der Waals surface area contributed by atoms with Gasteiger partial charge in [-0.15, -0.1) is 0 Å². The number of amidine groups is 1. The zero-order valence-corrected chi connectivity index (χ0v) is 12.2. The minimum absolute atomic E-state index is 0.0354. The van der Waals surface area contributed by atoms with Gasteiger partial charge in [0.15, 0.2) is 11.6 Å².